The number of nitriles is 1. The van der Waals surface area contributed by atoms with E-state index in [0.717, 1.165) is 35.2 Å². The Morgan fingerprint density at radius 1 is 1.07 bits per heavy atom. The van der Waals surface area contributed by atoms with Gasteiger partial charge in [0, 0.05) is 33.4 Å². The fourth-order valence-corrected chi connectivity index (χ4v) is 4.31. The van der Waals surface area contributed by atoms with Gasteiger partial charge in [-0.05, 0) is 37.9 Å². The fraction of sp³-hybridized carbons (Fsp3) is 0.182. The second-order valence-corrected chi connectivity index (χ2v) is 7.81. The normalized spacial score (nSPS) is 11.2. The van der Waals surface area contributed by atoms with Crippen molar-refractivity contribution in [3.05, 3.63) is 60.2 Å². The number of fused-ring (bicyclic) bond motifs is 3. The Hall–Kier alpha value is -2.94. The molecule has 0 bridgehead atoms. The Labute approximate surface area is 162 Å². The minimum Gasteiger partial charge on any atom is -0.368 e. The molecule has 2 aromatic heterocycles. The second-order valence-electron chi connectivity index (χ2n) is 6.75. The maximum atomic E-state index is 9.24. The molecule has 0 unspecified atom stereocenters. The van der Waals surface area contributed by atoms with Crippen molar-refractivity contribution >= 4 is 38.1 Å². The van der Waals surface area contributed by atoms with E-state index < -0.39 is 0 Å². The number of benzene rings is 2. The second kappa shape index (κ2) is 7.36. The lowest BCUT2D eigenvalue weighted by molar-refractivity contribution is 0.425. The Morgan fingerprint density at radius 2 is 1.89 bits per heavy atom. The molecule has 134 valence electrons. The van der Waals surface area contributed by atoms with Crippen LogP contribution in [0.25, 0.3) is 31.4 Å². The largest absolute Gasteiger partial charge is 0.368 e. The molecule has 1 N–H and O–H groups in total. The van der Waals surface area contributed by atoms with Crippen molar-refractivity contribution in [1.82, 2.24) is 9.88 Å². The molecule has 4 rings (SSSR count). The average Bonchev–Trinajstić information content (AvgIpc) is 3.14. The first-order chi connectivity index (χ1) is 13.2. The number of likely N-dealkylation sites (N-methyl/N-ethyl adjacent to an activating group) is 1. The van der Waals surface area contributed by atoms with Crippen LogP contribution in [-0.4, -0.2) is 37.1 Å². The van der Waals surface area contributed by atoms with Crippen LogP contribution in [0.4, 0.5) is 5.82 Å². The summed E-state index contributed by atoms with van der Waals surface area (Å²) in [7, 11) is 4.12. The van der Waals surface area contributed by atoms with Gasteiger partial charge in [0.05, 0.1) is 17.1 Å². The molecule has 0 atom stereocenters. The SMILES string of the molecule is CN(C)CCNc1nc2cc(C#N)ccc2c2sc(-c3ccccc3)cc12. The highest BCUT2D eigenvalue weighted by Gasteiger charge is 2.14. The van der Waals surface area contributed by atoms with E-state index in [-0.39, 0.29) is 0 Å². The highest BCUT2D eigenvalue weighted by Crippen LogP contribution is 2.40. The lowest BCUT2D eigenvalue weighted by Crippen LogP contribution is -2.21. The van der Waals surface area contributed by atoms with Gasteiger partial charge in [0.1, 0.15) is 5.82 Å². The highest BCUT2D eigenvalue weighted by molar-refractivity contribution is 7.23. The summed E-state index contributed by atoms with van der Waals surface area (Å²) in [6.45, 7) is 1.74. The molecule has 0 radical (unpaired) electrons. The number of anilines is 1. The van der Waals surface area contributed by atoms with E-state index in [0.29, 0.717) is 5.56 Å². The van der Waals surface area contributed by atoms with Crippen LogP contribution in [0, 0.1) is 11.3 Å². The third-order valence-electron chi connectivity index (χ3n) is 4.50. The predicted molar refractivity (Wildman–Crippen MR) is 114 cm³/mol. The van der Waals surface area contributed by atoms with Crippen molar-refractivity contribution in [3.8, 4) is 16.5 Å². The van der Waals surface area contributed by atoms with Crippen LogP contribution < -0.4 is 5.32 Å². The predicted octanol–water partition coefficient (Wildman–Crippen LogP) is 4.96. The molecular formula is C22H20N4S. The van der Waals surface area contributed by atoms with E-state index in [2.05, 4.69) is 60.7 Å². The Balaban J connectivity index is 1.89. The van der Waals surface area contributed by atoms with Gasteiger partial charge in [-0.25, -0.2) is 4.98 Å². The lowest BCUT2D eigenvalue weighted by atomic mass is 10.1. The van der Waals surface area contributed by atoms with Gasteiger partial charge in [-0.3, -0.25) is 0 Å². The number of hydrogen-bond acceptors (Lipinski definition) is 5. The number of thiophene rings is 1. The summed E-state index contributed by atoms with van der Waals surface area (Å²) in [5, 5.41) is 14.9. The fourth-order valence-electron chi connectivity index (χ4n) is 3.11. The van der Waals surface area contributed by atoms with E-state index in [9.17, 15) is 5.26 Å². The van der Waals surface area contributed by atoms with Gasteiger partial charge in [-0.1, -0.05) is 36.4 Å². The van der Waals surface area contributed by atoms with Crippen LogP contribution in [-0.2, 0) is 0 Å². The van der Waals surface area contributed by atoms with Crippen LogP contribution in [0.1, 0.15) is 5.56 Å². The molecule has 2 aromatic carbocycles. The van der Waals surface area contributed by atoms with Crippen LogP contribution in [0.3, 0.4) is 0 Å². The monoisotopic (exact) mass is 372 g/mol. The first-order valence-corrected chi connectivity index (χ1v) is 9.69. The Morgan fingerprint density at radius 3 is 2.63 bits per heavy atom. The maximum absolute atomic E-state index is 9.24. The molecule has 0 aliphatic rings. The lowest BCUT2D eigenvalue weighted by Gasteiger charge is -2.12. The third kappa shape index (κ3) is 3.50. The summed E-state index contributed by atoms with van der Waals surface area (Å²) in [5.74, 6) is 0.882. The molecule has 0 spiro atoms. The highest BCUT2D eigenvalue weighted by atomic mass is 32.1. The van der Waals surface area contributed by atoms with Gasteiger partial charge in [-0.2, -0.15) is 5.26 Å². The van der Waals surface area contributed by atoms with Gasteiger partial charge < -0.3 is 10.2 Å². The Bertz CT molecular complexity index is 1140. The molecule has 0 fully saturated rings. The van der Waals surface area contributed by atoms with Crippen molar-refractivity contribution in [2.45, 2.75) is 0 Å². The standard InChI is InChI=1S/C22H20N4S/c1-26(2)11-10-24-22-18-13-20(16-6-4-3-5-7-16)27-21(18)17-9-8-15(14-23)12-19(17)25-22/h3-9,12-13H,10-11H2,1-2H3,(H,24,25). The van der Waals surface area contributed by atoms with Crippen molar-refractivity contribution in [1.29, 1.82) is 5.26 Å². The molecular weight excluding hydrogens is 352 g/mol. The van der Waals surface area contributed by atoms with Gasteiger partial charge in [-0.15, -0.1) is 11.3 Å². The van der Waals surface area contributed by atoms with Crippen molar-refractivity contribution in [2.24, 2.45) is 0 Å². The third-order valence-corrected chi connectivity index (χ3v) is 5.72. The number of nitrogens with zero attached hydrogens (tertiary/aromatic N) is 3. The topological polar surface area (TPSA) is 52.0 Å². The van der Waals surface area contributed by atoms with E-state index in [1.54, 1.807) is 11.3 Å². The van der Waals surface area contributed by atoms with E-state index in [4.69, 9.17) is 4.98 Å². The minimum atomic E-state index is 0.633. The van der Waals surface area contributed by atoms with Gasteiger partial charge in [0.25, 0.3) is 0 Å². The van der Waals surface area contributed by atoms with Crippen molar-refractivity contribution < 1.29 is 0 Å². The van der Waals surface area contributed by atoms with Crippen LogP contribution in [0.5, 0.6) is 0 Å². The number of aromatic nitrogens is 1. The molecule has 0 amide bonds. The number of pyridine rings is 1. The van der Waals surface area contributed by atoms with Crippen molar-refractivity contribution in [2.75, 3.05) is 32.5 Å². The van der Waals surface area contributed by atoms with E-state index in [1.807, 2.05) is 24.3 Å². The number of nitrogens with one attached hydrogen (secondary N) is 1. The van der Waals surface area contributed by atoms with Gasteiger partial charge in [0.15, 0.2) is 0 Å². The molecule has 27 heavy (non-hydrogen) atoms. The van der Waals surface area contributed by atoms with E-state index >= 15 is 0 Å². The summed E-state index contributed by atoms with van der Waals surface area (Å²) < 4.78 is 1.20. The number of hydrogen-bond donors (Lipinski definition) is 1. The minimum absolute atomic E-state index is 0.633. The van der Waals surface area contributed by atoms with Gasteiger partial charge >= 0.3 is 0 Å². The summed E-state index contributed by atoms with van der Waals surface area (Å²) in [6.07, 6.45) is 0. The first-order valence-electron chi connectivity index (χ1n) is 8.87. The summed E-state index contributed by atoms with van der Waals surface area (Å²) in [4.78, 5) is 8.20. The molecule has 2 heterocycles. The van der Waals surface area contributed by atoms with Gasteiger partial charge in [0.2, 0.25) is 0 Å². The molecule has 0 aliphatic heterocycles. The first kappa shape index (κ1) is 17.5. The smallest absolute Gasteiger partial charge is 0.135 e. The zero-order valence-corrected chi connectivity index (χ0v) is 16.2. The number of rotatable bonds is 5. The Kier molecular flexibility index (Phi) is 4.76. The quantitative estimate of drug-likeness (QED) is 0.538. The van der Waals surface area contributed by atoms with Crippen LogP contribution in [0.2, 0.25) is 0 Å². The average molecular weight is 372 g/mol. The summed E-state index contributed by atoms with van der Waals surface area (Å²) >= 11 is 1.77. The molecule has 4 aromatic rings. The zero-order chi connectivity index (χ0) is 18.8. The van der Waals surface area contributed by atoms with Crippen LogP contribution in [0.15, 0.2) is 54.6 Å². The molecule has 0 saturated heterocycles. The summed E-state index contributed by atoms with van der Waals surface area (Å²) in [6, 6.07) is 20.6. The van der Waals surface area contributed by atoms with E-state index in [1.165, 1.54) is 15.1 Å². The van der Waals surface area contributed by atoms with Crippen LogP contribution >= 0.6 is 11.3 Å². The summed E-state index contributed by atoms with van der Waals surface area (Å²) in [5.41, 5.74) is 2.70. The molecule has 0 aliphatic carbocycles. The molecule has 4 nitrogen and oxygen atoms in total. The zero-order valence-electron chi connectivity index (χ0n) is 15.4. The molecule has 0 saturated carbocycles. The molecule has 5 heteroatoms. The maximum Gasteiger partial charge on any atom is 0.135 e. The van der Waals surface area contributed by atoms with Crippen molar-refractivity contribution in [3.63, 3.8) is 0 Å².